The van der Waals surface area contributed by atoms with E-state index in [1.165, 1.54) is 0 Å². The second-order valence-corrected chi connectivity index (χ2v) is 6.33. The molecule has 0 heterocycles. The minimum absolute atomic E-state index is 0.192. The lowest BCUT2D eigenvalue weighted by Crippen LogP contribution is -2.56. The molecule has 132 valence electrons. The van der Waals surface area contributed by atoms with Gasteiger partial charge in [0.25, 0.3) is 5.60 Å². The van der Waals surface area contributed by atoms with Crippen LogP contribution in [0.5, 0.6) is 0 Å². The maximum absolute atomic E-state index is 12.5. The minimum atomic E-state index is -5.72. The van der Waals surface area contributed by atoms with Gasteiger partial charge in [0.2, 0.25) is 0 Å². The zero-order chi connectivity index (χ0) is 17.7. The average Bonchev–Trinajstić information content (AvgIpc) is 2.31. The lowest BCUT2D eigenvalue weighted by molar-refractivity contribution is -0.370. The molecule has 0 saturated carbocycles. The molecule has 1 nitrogen and oxygen atoms in total. The number of hydrogen-bond donors (Lipinski definition) is 1. The highest BCUT2D eigenvalue weighted by Crippen LogP contribution is 2.46. The summed E-state index contributed by atoms with van der Waals surface area (Å²) in [7, 11) is 0. The van der Waals surface area contributed by atoms with Crippen molar-refractivity contribution in [3.05, 3.63) is 12.2 Å². The van der Waals surface area contributed by atoms with E-state index < -0.39 is 24.4 Å². The van der Waals surface area contributed by atoms with E-state index in [1.807, 2.05) is 32.9 Å². The normalized spacial score (nSPS) is 14.8. The van der Waals surface area contributed by atoms with Crippen LogP contribution in [0.2, 0.25) is 0 Å². The first-order chi connectivity index (χ1) is 9.77. The Kier molecular flexibility index (Phi) is 7.45. The Hall–Kier alpha value is -0.720. The van der Waals surface area contributed by atoms with E-state index in [4.69, 9.17) is 5.11 Å². The molecule has 0 aromatic rings. The fourth-order valence-corrected chi connectivity index (χ4v) is 2.26. The standard InChI is InChI=1S/C15H24F6O/c1-4-5-6-7-9-12(2,3)10-8-11-13(22,14(16,17)18)15(19,20)21/h4-5,22H,6-11H2,1-3H3/b5-4+. The van der Waals surface area contributed by atoms with Gasteiger partial charge >= 0.3 is 12.4 Å². The molecule has 0 aromatic carbocycles. The van der Waals surface area contributed by atoms with E-state index in [-0.39, 0.29) is 18.3 Å². The Morgan fingerprint density at radius 3 is 1.68 bits per heavy atom. The summed E-state index contributed by atoms with van der Waals surface area (Å²) in [4.78, 5) is 0. The summed E-state index contributed by atoms with van der Waals surface area (Å²) in [5, 5.41) is 9.07. The van der Waals surface area contributed by atoms with E-state index >= 15 is 0 Å². The lowest BCUT2D eigenvalue weighted by Gasteiger charge is -2.33. The van der Waals surface area contributed by atoms with E-state index in [0.717, 1.165) is 12.8 Å². The predicted molar refractivity (Wildman–Crippen MR) is 73.4 cm³/mol. The van der Waals surface area contributed by atoms with Crippen LogP contribution in [0.4, 0.5) is 26.3 Å². The van der Waals surface area contributed by atoms with Crippen molar-refractivity contribution in [1.82, 2.24) is 0 Å². The van der Waals surface area contributed by atoms with E-state index in [9.17, 15) is 26.3 Å². The first kappa shape index (κ1) is 21.3. The highest BCUT2D eigenvalue weighted by Gasteiger charge is 2.69. The van der Waals surface area contributed by atoms with Crippen LogP contribution in [0.25, 0.3) is 0 Å². The average molecular weight is 334 g/mol. The summed E-state index contributed by atoms with van der Waals surface area (Å²) in [5.41, 5.74) is -4.99. The molecule has 0 aromatic heterocycles. The van der Waals surface area contributed by atoms with Gasteiger partial charge in [-0.3, -0.25) is 0 Å². The van der Waals surface area contributed by atoms with Crippen molar-refractivity contribution in [2.45, 2.75) is 77.2 Å². The van der Waals surface area contributed by atoms with Gasteiger partial charge in [0.1, 0.15) is 0 Å². The van der Waals surface area contributed by atoms with Crippen molar-refractivity contribution < 1.29 is 31.4 Å². The Morgan fingerprint density at radius 1 is 0.818 bits per heavy atom. The first-order valence-corrected chi connectivity index (χ1v) is 7.24. The molecular weight excluding hydrogens is 310 g/mol. The molecule has 0 radical (unpaired) electrons. The van der Waals surface area contributed by atoms with E-state index in [2.05, 4.69) is 0 Å². The van der Waals surface area contributed by atoms with Gasteiger partial charge in [0.15, 0.2) is 0 Å². The smallest absolute Gasteiger partial charge is 0.374 e. The molecule has 0 fully saturated rings. The van der Waals surface area contributed by atoms with Crippen LogP contribution in [-0.2, 0) is 0 Å². The van der Waals surface area contributed by atoms with Crippen molar-refractivity contribution in [3.8, 4) is 0 Å². The van der Waals surface area contributed by atoms with Gasteiger partial charge in [-0.25, -0.2) is 0 Å². The summed E-state index contributed by atoms with van der Waals surface area (Å²) < 4.78 is 75.2. The Labute approximate surface area is 127 Å². The second kappa shape index (κ2) is 7.70. The summed E-state index contributed by atoms with van der Waals surface area (Å²) in [6, 6.07) is 0. The lowest BCUT2D eigenvalue weighted by atomic mass is 9.80. The molecule has 0 aliphatic carbocycles. The summed E-state index contributed by atoms with van der Waals surface area (Å²) >= 11 is 0. The third-order valence-corrected chi connectivity index (χ3v) is 3.79. The fraction of sp³-hybridized carbons (Fsp3) is 0.867. The van der Waals surface area contributed by atoms with Crippen LogP contribution < -0.4 is 0 Å². The maximum Gasteiger partial charge on any atom is 0.426 e. The van der Waals surface area contributed by atoms with Crippen LogP contribution in [-0.4, -0.2) is 23.1 Å². The molecule has 0 atom stereocenters. The first-order valence-electron chi connectivity index (χ1n) is 7.24. The highest BCUT2D eigenvalue weighted by atomic mass is 19.4. The van der Waals surface area contributed by atoms with Crippen molar-refractivity contribution in [2.75, 3.05) is 0 Å². The summed E-state index contributed by atoms with van der Waals surface area (Å²) in [6.45, 7) is 5.49. The molecule has 0 bridgehead atoms. The largest absolute Gasteiger partial charge is 0.426 e. The third-order valence-electron chi connectivity index (χ3n) is 3.79. The fourth-order valence-electron chi connectivity index (χ4n) is 2.26. The van der Waals surface area contributed by atoms with Gasteiger partial charge in [-0.05, 0) is 50.9 Å². The highest BCUT2D eigenvalue weighted by molar-refractivity contribution is 4.94. The van der Waals surface area contributed by atoms with Crippen molar-refractivity contribution in [3.63, 3.8) is 0 Å². The molecule has 0 rings (SSSR count). The molecule has 0 aliphatic heterocycles. The minimum Gasteiger partial charge on any atom is -0.374 e. The van der Waals surface area contributed by atoms with Gasteiger partial charge in [0, 0.05) is 0 Å². The Balaban J connectivity index is 4.57. The molecule has 1 N–H and O–H groups in total. The summed E-state index contributed by atoms with van der Waals surface area (Å²) in [5.74, 6) is 0. The molecule has 0 amide bonds. The Morgan fingerprint density at radius 2 is 1.27 bits per heavy atom. The van der Waals surface area contributed by atoms with Gasteiger partial charge in [-0.2, -0.15) is 26.3 Å². The number of unbranched alkanes of at least 4 members (excludes halogenated alkanes) is 1. The quantitative estimate of drug-likeness (QED) is 0.339. The molecule has 0 unspecified atom stereocenters. The van der Waals surface area contributed by atoms with E-state index in [1.54, 1.807) is 0 Å². The van der Waals surface area contributed by atoms with Crippen molar-refractivity contribution in [2.24, 2.45) is 5.41 Å². The molecule has 7 heteroatoms. The topological polar surface area (TPSA) is 20.2 Å². The number of aliphatic hydroxyl groups is 1. The van der Waals surface area contributed by atoms with Gasteiger partial charge in [0.05, 0.1) is 0 Å². The van der Waals surface area contributed by atoms with Crippen LogP contribution in [0.3, 0.4) is 0 Å². The number of halogens is 6. The number of hydrogen-bond acceptors (Lipinski definition) is 1. The van der Waals surface area contributed by atoms with Crippen LogP contribution >= 0.6 is 0 Å². The van der Waals surface area contributed by atoms with Gasteiger partial charge in [-0.1, -0.05) is 26.0 Å². The Bertz CT molecular complexity index is 340. The predicted octanol–water partition coefficient (Wildman–Crippen LogP) is 5.79. The molecule has 0 spiro atoms. The number of allylic oxidation sites excluding steroid dienone is 2. The molecular formula is C15H24F6O. The van der Waals surface area contributed by atoms with E-state index in [0.29, 0.717) is 6.42 Å². The van der Waals surface area contributed by atoms with Crippen molar-refractivity contribution >= 4 is 0 Å². The monoisotopic (exact) mass is 334 g/mol. The number of rotatable bonds is 8. The second-order valence-electron chi connectivity index (χ2n) is 6.33. The van der Waals surface area contributed by atoms with Crippen molar-refractivity contribution in [1.29, 1.82) is 0 Å². The van der Waals surface area contributed by atoms with Crippen LogP contribution in [0.15, 0.2) is 12.2 Å². The summed E-state index contributed by atoms with van der Waals surface area (Å²) in [6.07, 6.45) is -6.75. The zero-order valence-electron chi connectivity index (χ0n) is 13.1. The van der Waals surface area contributed by atoms with Crippen LogP contribution in [0.1, 0.15) is 59.3 Å². The number of alkyl halides is 6. The van der Waals surface area contributed by atoms with Gasteiger partial charge < -0.3 is 5.11 Å². The van der Waals surface area contributed by atoms with Gasteiger partial charge in [-0.15, -0.1) is 0 Å². The third kappa shape index (κ3) is 6.18. The SMILES string of the molecule is C/C=C/CCCC(C)(C)CCCC(O)(C(F)(F)F)C(F)(F)F. The van der Waals surface area contributed by atoms with Crippen LogP contribution in [0, 0.1) is 5.41 Å². The zero-order valence-corrected chi connectivity index (χ0v) is 13.1. The molecule has 0 aliphatic rings. The molecule has 22 heavy (non-hydrogen) atoms. The maximum atomic E-state index is 12.5. The molecule has 0 saturated heterocycles.